The quantitative estimate of drug-likeness (QED) is 0.197. The fraction of sp³-hybridized carbons (Fsp3) is 0.400. The molecule has 130 valence electrons. The first kappa shape index (κ1) is 21.2. The zero-order valence-corrected chi connectivity index (χ0v) is 18.3. The molecule has 2 amide bonds. The van der Waals surface area contributed by atoms with E-state index in [4.69, 9.17) is 5.53 Å². The van der Waals surface area contributed by atoms with E-state index in [1.165, 1.54) is 40.9 Å². The topological polar surface area (TPSA) is 138 Å². The Morgan fingerprint density at radius 1 is 1.35 bits per heavy atom. The van der Waals surface area contributed by atoms with Crippen molar-refractivity contribution in [1.82, 2.24) is 10.2 Å². The average Bonchev–Trinajstić information content (AvgIpc) is 2.81. The van der Waals surface area contributed by atoms with E-state index in [9.17, 15) is 19.5 Å². The van der Waals surface area contributed by atoms with Crippen LogP contribution in [0, 0.1) is 0 Å². The molecule has 0 bridgehead atoms. The normalized spacial score (nSPS) is 25.2. The molecule has 1 aromatic carbocycles. The summed E-state index contributed by atoms with van der Waals surface area (Å²) in [6.07, 6.45) is 0. The number of carboxylic acids is 1. The molecule has 26 heavy (non-hydrogen) atoms. The Hall–Kier alpha value is -1.07. The summed E-state index contributed by atoms with van der Waals surface area (Å²) < 4.78 is -0.699. The molecule has 0 saturated carbocycles. The van der Waals surface area contributed by atoms with E-state index < -0.39 is 40.0 Å². The van der Waals surface area contributed by atoms with Crippen molar-refractivity contribution in [1.29, 1.82) is 0 Å². The molecule has 2 aliphatic heterocycles. The second-order valence-electron chi connectivity index (χ2n) is 6.27. The van der Waals surface area contributed by atoms with Crippen molar-refractivity contribution in [3.05, 3.63) is 40.3 Å². The van der Waals surface area contributed by atoms with Crippen LogP contribution in [0.15, 0.2) is 29.4 Å². The standard InChI is InChI=1S/C15H15N5O4S.K/c1-15(2)10(14(23)24)20-12(22)9(13(20)25-15)17-11(21)7-3-5-8(6-4-7)18-19-16;/h3-6,9-10,13H,1-2H3,(H,17,21)(H,23,24);/q;+1/p-1/t9-,10+,13+;/m0./s1. The second-order valence-corrected chi connectivity index (χ2v) is 8.04. The number of hydrogen-bond acceptors (Lipinski definition) is 6. The number of benzene rings is 1. The van der Waals surface area contributed by atoms with Gasteiger partial charge in [0.1, 0.15) is 11.4 Å². The molecule has 2 fully saturated rings. The fourth-order valence-electron chi connectivity index (χ4n) is 3.08. The van der Waals surface area contributed by atoms with Gasteiger partial charge in [-0.1, -0.05) is 17.2 Å². The van der Waals surface area contributed by atoms with Crippen LogP contribution < -0.4 is 61.8 Å². The van der Waals surface area contributed by atoms with E-state index in [-0.39, 0.29) is 51.4 Å². The van der Waals surface area contributed by atoms with E-state index >= 15 is 0 Å². The number of carbonyl (C=O) groups excluding carboxylic acids is 3. The molecule has 11 heteroatoms. The summed E-state index contributed by atoms with van der Waals surface area (Å²) in [5.74, 6) is -2.19. The molecule has 1 aromatic rings. The van der Waals surface area contributed by atoms with Crippen LogP contribution in [0.3, 0.4) is 0 Å². The maximum Gasteiger partial charge on any atom is 1.00 e. The van der Waals surface area contributed by atoms with Gasteiger partial charge < -0.3 is 20.1 Å². The predicted octanol–water partition coefficient (Wildman–Crippen LogP) is -2.46. The van der Waals surface area contributed by atoms with Gasteiger partial charge in [-0.15, -0.1) is 11.8 Å². The van der Waals surface area contributed by atoms with Gasteiger partial charge in [0.15, 0.2) is 0 Å². The second kappa shape index (κ2) is 7.89. The van der Waals surface area contributed by atoms with E-state index in [2.05, 4.69) is 15.3 Å². The van der Waals surface area contributed by atoms with Crippen LogP contribution in [-0.4, -0.2) is 44.9 Å². The third kappa shape index (κ3) is 3.65. The smallest absolute Gasteiger partial charge is 0.548 e. The minimum Gasteiger partial charge on any atom is -0.548 e. The fourth-order valence-corrected chi connectivity index (χ4v) is 4.70. The number of rotatable bonds is 4. The van der Waals surface area contributed by atoms with Gasteiger partial charge in [-0.05, 0) is 31.5 Å². The monoisotopic (exact) mass is 399 g/mol. The van der Waals surface area contributed by atoms with E-state index in [0.29, 0.717) is 11.3 Å². The molecular formula is C15H14KN5O4S. The summed E-state index contributed by atoms with van der Waals surface area (Å²) >= 11 is 1.33. The van der Waals surface area contributed by atoms with E-state index in [1.54, 1.807) is 13.8 Å². The molecule has 0 aromatic heterocycles. The van der Waals surface area contributed by atoms with Gasteiger partial charge in [-0.25, -0.2) is 0 Å². The number of amides is 2. The Labute approximate surface area is 195 Å². The first-order valence-corrected chi connectivity index (χ1v) is 8.31. The van der Waals surface area contributed by atoms with Crippen molar-refractivity contribution in [3.8, 4) is 0 Å². The molecule has 2 saturated heterocycles. The van der Waals surface area contributed by atoms with Gasteiger partial charge in [0.05, 0.1) is 12.0 Å². The molecule has 9 nitrogen and oxygen atoms in total. The van der Waals surface area contributed by atoms with Gasteiger partial charge >= 0.3 is 51.4 Å². The van der Waals surface area contributed by atoms with Gasteiger partial charge in [0.2, 0.25) is 5.91 Å². The van der Waals surface area contributed by atoms with Crippen molar-refractivity contribution in [3.63, 3.8) is 0 Å². The summed E-state index contributed by atoms with van der Waals surface area (Å²) in [5.41, 5.74) is 9.04. The zero-order valence-electron chi connectivity index (χ0n) is 14.4. The molecule has 0 spiro atoms. The molecule has 2 aliphatic rings. The van der Waals surface area contributed by atoms with Crippen molar-refractivity contribution in [2.24, 2.45) is 5.11 Å². The third-order valence-corrected chi connectivity index (χ3v) is 5.81. The molecule has 2 heterocycles. The number of azide groups is 1. The van der Waals surface area contributed by atoms with Gasteiger partial charge in [0.25, 0.3) is 5.91 Å². The summed E-state index contributed by atoms with van der Waals surface area (Å²) in [6, 6.07) is 4.14. The molecule has 0 unspecified atom stereocenters. The van der Waals surface area contributed by atoms with Crippen LogP contribution in [0.25, 0.3) is 10.4 Å². The number of nitrogens with zero attached hydrogens (tertiary/aromatic N) is 4. The van der Waals surface area contributed by atoms with Crippen LogP contribution in [0.4, 0.5) is 5.69 Å². The van der Waals surface area contributed by atoms with Crippen LogP contribution >= 0.6 is 11.8 Å². The molecule has 3 atom stereocenters. The summed E-state index contributed by atoms with van der Waals surface area (Å²) in [7, 11) is 0. The van der Waals surface area contributed by atoms with E-state index in [1.807, 2.05) is 0 Å². The first-order valence-electron chi connectivity index (χ1n) is 7.43. The largest absolute Gasteiger partial charge is 1.00 e. The minimum atomic E-state index is -1.30. The maximum atomic E-state index is 12.3. The van der Waals surface area contributed by atoms with Gasteiger partial charge in [-0.2, -0.15) is 0 Å². The number of thioether (sulfide) groups is 1. The predicted molar refractivity (Wildman–Crippen MR) is 87.6 cm³/mol. The molecular weight excluding hydrogens is 385 g/mol. The first-order chi connectivity index (χ1) is 11.8. The number of carbonyl (C=O) groups is 3. The summed E-state index contributed by atoms with van der Waals surface area (Å²) in [6.45, 7) is 3.47. The van der Waals surface area contributed by atoms with Crippen molar-refractivity contribution < 1.29 is 70.9 Å². The average molecular weight is 399 g/mol. The van der Waals surface area contributed by atoms with Crippen molar-refractivity contribution >= 4 is 35.2 Å². The zero-order chi connectivity index (χ0) is 18.4. The third-order valence-electron chi connectivity index (χ3n) is 4.24. The number of hydrogen-bond donors (Lipinski definition) is 1. The Morgan fingerprint density at radius 2 is 1.96 bits per heavy atom. The minimum absolute atomic E-state index is 0. The number of β-lactam (4-membered cyclic amide) rings is 1. The van der Waals surface area contributed by atoms with E-state index in [0.717, 1.165) is 0 Å². The van der Waals surface area contributed by atoms with Crippen LogP contribution in [0.1, 0.15) is 24.2 Å². The number of nitrogens with one attached hydrogen (secondary N) is 1. The molecule has 1 N–H and O–H groups in total. The summed E-state index contributed by atoms with van der Waals surface area (Å²) in [5, 5.41) is 17.0. The van der Waals surface area contributed by atoms with Gasteiger partial charge in [-0.3, -0.25) is 9.59 Å². The van der Waals surface area contributed by atoms with Crippen molar-refractivity contribution in [2.75, 3.05) is 0 Å². The Bertz CT molecular complexity index is 809. The molecule has 3 rings (SSSR count). The SMILES string of the molecule is CC1(C)S[C@@H]2[C@@H](NC(=O)c3ccc(N=[N+]=[N-])cc3)C(=O)N2[C@@H]1C(=O)[O-].[K+]. The number of aliphatic carboxylic acids is 1. The van der Waals surface area contributed by atoms with Crippen LogP contribution in [0.2, 0.25) is 0 Å². The van der Waals surface area contributed by atoms with Crippen molar-refractivity contribution in [2.45, 2.75) is 36.1 Å². The van der Waals surface area contributed by atoms with Crippen LogP contribution in [0.5, 0.6) is 0 Å². The van der Waals surface area contributed by atoms with Gasteiger partial charge in [0, 0.05) is 20.9 Å². The Morgan fingerprint density at radius 3 is 2.50 bits per heavy atom. The van der Waals surface area contributed by atoms with Crippen LogP contribution in [-0.2, 0) is 9.59 Å². The molecule has 0 aliphatic carbocycles. The maximum absolute atomic E-state index is 12.3. The molecule has 0 radical (unpaired) electrons. The summed E-state index contributed by atoms with van der Waals surface area (Å²) in [4.78, 5) is 39.9. The number of carboxylic acid groups (broad SMARTS) is 1. The Kier molecular flexibility index (Phi) is 6.44. The Balaban J connectivity index is 0.00000243. The number of fused-ring (bicyclic) bond motifs is 1.